The second kappa shape index (κ2) is 4.67. The molecule has 0 saturated carbocycles. The van der Waals surface area contributed by atoms with Gasteiger partial charge in [0.2, 0.25) is 0 Å². The topological polar surface area (TPSA) is 59.8 Å². The number of benzene rings is 1. The quantitative estimate of drug-likeness (QED) is 0.763. The fraction of sp³-hybridized carbons (Fsp3) is 0.182. The summed E-state index contributed by atoms with van der Waals surface area (Å²) < 4.78 is 1.62. The fourth-order valence-electron chi connectivity index (χ4n) is 1.43. The Morgan fingerprint density at radius 3 is 3.06 bits per heavy atom. The maximum Gasteiger partial charge on any atom is 0.176 e. The molecule has 0 aliphatic carbocycles. The predicted molar refractivity (Wildman–Crippen MR) is 59.6 cm³/mol. The first-order chi connectivity index (χ1) is 7.81. The van der Waals surface area contributed by atoms with Gasteiger partial charge in [-0.3, -0.25) is 4.79 Å². The van der Waals surface area contributed by atoms with Crippen LogP contribution in [0.4, 0.5) is 0 Å². The highest BCUT2D eigenvalue weighted by Crippen LogP contribution is 2.09. The zero-order valence-electron chi connectivity index (χ0n) is 8.92. The van der Waals surface area contributed by atoms with Crippen LogP contribution < -0.4 is 5.32 Å². The zero-order valence-corrected chi connectivity index (χ0v) is 8.92. The highest BCUT2D eigenvalue weighted by atomic mass is 16.1. The first-order valence-corrected chi connectivity index (χ1v) is 4.94. The van der Waals surface area contributed by atoms with E-state index in [1.54, 1.807) is 30.2 Å². The molecule has 0 amide bonds. The minimum absolute atomic E-state index is 0.0597. The summed E-state index contributed by atoms with van der Waals surface area (Å²) in [4.78, 5) is 15.5. The Bertz CT molecular complexity index is 478. The number of nitrogens with zero attached hydrogens (tertiary/aromatic N) is 3. The average molecular weight is 216 g/mol. The lowest BCUT2D eigenvalue weighted by atomic mass is 10.1. The number of aromatic nitrogens is 3. The van der Waals surface area contributed by atoms with Crippen molar-refractivity contribution in [2.24, 2.45) is 0 Å². The van der Waals surface area contributed by atoms with Crippen LogP contribution in [-0.2, 0) is 0 Å². The molecule has 2 aromatic rings. The molecule has 0 spiro atoms. The summed E-state index contributed by atoms with van der Waals surface area (Å²) in [6.45, 7) is 0.334. The van der Waals surface area contributed by atoms with E-state index in [9.17, 15) is 4.79 Å². The summed E-state index contributed by atoms with van der Waals surface area (Å²) in [5.41, 5.74) is 1.50. The summed E-state index contributed by atoms with van der Waals surface area (Å²) in [6.07, 6.45) is 3.06. The molecule has 2 rings (SSSR count). The number of likely N-dealkylation sites (N-methyl/N-ethyl adjacent to an activating group) is 1. The van der Waals surface area contributed by atoms with E-state index < -0.39 is 0 Å². The molecular formula is C11H12N4O. The maximum atomic E-state index is 11.7. The summed E-state index contributed by atoms with van der Waals surface area (Å²) in [7, 11) is 1.75. The van der Waals surface area contributed by atoms with Crippen molar-refractivity contribution in [1.82, 2.24) is 20.1 Å². The van der Waals surface area contributed by atoms with E-state index in [-0.39, 0.29) is 5.78 Å². The lowest BCUT2D eigenvalue weighted by Crippen LogP contribution is -2.18. The third-order valence-electron chi connectivity index (χ3n) is 2.19. The molecule has 5 nitrogen and oxygen atoms in total. The molecule has 5 heteroatoms. The van der Waals surface area contributed by atoms with Gasteiger partial charge in [0.05, 0.1) is 12.2 Å². The summed E-state index contributed by atoms with van der Waals surface area (Å²) >= 11 is 0. The van der Waals surface area contributed by atoms with E-state index in [4.69, 9.17) is 0 Å². The van der Waals surface area contributed by atoms with Gasteiger partial charge in [-0.15, -0.1) is 0 Å². The summed E-state index contributed by atoms with van der Waals surface area (Å²) in [5, 5.41) is 6.85. The number of nitrogens with one attached hydrogen (secondary N) is 1. The van der Waals surface area contributed by atoms with Gasteiger partial charge in [-0.05, 0) is 19.2 Å². The van der Waals surface area contributed by atoms with Crippen molar-refractivity contribution in [1.29, 1.82) is 0 Å². The minimum atomic E-state index is 0.0597. The molecule has 1 aromatic carbocycles. The Kier molecular flexibility index (Phi) is 3.07. The Balaban J connectivity index is 2.30. The molecule has 0 aliphatic rings. The number of carbonyl (C=O) groups is 1. The molecule has 0 bridgehead atoms. The maximum absolute atomic E-state index is 11.7. The first kappa shape index (κ1) is 10.5. The van der Waals surface area contributed by atoms with Crippen LogP contribution in [0.3, 0.4) is 0 Å². The zero-order chi connectivity index (χ0) is 11.4. The van der Waals surface area contributed by atoms with E-state index >= 15 is 0 Å². The molecule has 0 saturated heterocycles. The van der Waals surface area contributed by atoms with Gasteiger partial charge in [-0.1, -0.05) is 12.1 Å². The van der Waals surface area contributed by atoms with Gasteiger partial charge in [0.1, 0.15) is 12.7 Å². The summed E-state index contributed by atoms with van der Waals surface area (Å²) in [5.74, 6) is 0.0597. The van der Waals surface area contributed by atoms with Crippen molar-refractivity contribution in [3.8, 4) is 5.69 Å². The van der Waals surface area contributed by atoms with Crippen LogP contribution in [0.15, 0.2) is 36.9 Å². The van der Waals surface area contributed by atoms with Crippen molar-refractivity contribution >= 4 is 5.78 Å². The number of carbonyl (C=O) groups excluding carboxylic acids is 1. The molecule has 0 unspecified atom stereocenters. The van der Waals surface area contributed by atoms with Gasteiger partial charge >= 0.3 is 0 Å². The Hall–Kier alpha value is -2.01. The predicted octanol–water partition coefficient (Wildman–Crippen LogP) is 0.669. The van der Waals surface area contributed by atoms with Gasteiger partial charge in [-0.2, -0.15) is 5.10 Å². The van der Waals surface area contributed by atoms with Crippen LogP contribution in [0.25, 0.3) is 5.69 Å². The van der Waals surface area contributed by atoms with Crippen molar-refractivity contribution in [3.63, 3.8) is 0 Å². The Labute approximate surface area is 93.1 Å². The highest BCUT2D eigenvalue weighted by Gasteiger charge is 2.05. The Morgan fingerprint density at radius 2 is 2.38 bits per heavy atom. The molecule has 0 aliphatic heterocycles. The molecule has 1 N–H and O–H groups in total. The molecule has 1 heterocycles. The number of rotatable bonds is 4. The van der Waals surface area contributed by atoms with Crippen LogP contribution in [0.2, 0.25) is 0 Å². The SMILES string of the molecule is CNCC(=O)c1cccc(-n2cncn2)c1. The normalized spacial score (nSPS) is 10.3. The van der Waals surface area contributed by atoms with Crippen molar-refractivity contribution in [2.45, 2.75) is 0 Å². The molecule has 1 aromatic heterocycles. The van der Waals surface area contributed by atoms with E-state index in [0.29, 0.717) is 12.1 Å². The number of Topliss-reactive ketones (excluding diaryl/α,β-unsaturated/α-hetero) is 1. The van der Waals surface area contributed by atoms with Gasteiger partial charge < -0.3 is 5.32 Å². The standard InChI is InChI=1S/C11H12N4O/c1-12-6-11(16)9-3-2-4-10(5-9)15-8-13-7-14-15/h2-5,7-8,12H,6H2,1H3. The van der Waals surface area contributed by atoms with E-state index in [1.165, 1.54) is 6.33 Å². The second-order valence-electron chi connectivity index (χ2n) is 3.34. The van der Waals surface area contributed by atoms with Crippen LogP contribution in [0.5, 0.6) is 0 Å². The minimum Gasteiger partial charge on any atom is -0.313 e. The Morgan fingerprint density at radius 1 is 1.50 bits per heavy atom. The van der Waals surface area contributed by atoms with Crippen molar-refractivity contribution < 1.29 is 4.79 Å². The third kappa shape index (κ3) is 2.14. The molecule has 0 radical (unpaired) electrons. The molecule has 16 heavy (non-hydrogen) atoms. The average Bonchev–Trinajstić information content (AvgIpc) is 2.83. The molecular weight excluding hydrogens is 204 g/mol. The van der Waals surface area contributed by atoms with Crippen LogP contribution in [-0.4, -0.2) is 34.1 Å². The van der Waals surface area contributed by atoms with Gasteiger partial charge in [0, 0.05) is 5.56 Å². The van der Waals surface area contributed by atoms with Crippen molar-refractivity contribution in [2.75, 3.05) is 13.6 Å². The molecule has 0 fully saturated rings. The van der Waals surface area contributed by atoms with Crippen LogP contribution in [0.1, 0.15) is 10.4 Å². The fourth-order valence-corrected chi connectivity index (χ4v) is 1.43. The number of hydrogen-bond donors (Lipinski definition) is 1. The smallest absolute Gasteiger partial charge is 0.176 e. The summed E-state index contributed by atoms with van der Waals surface area (Å²) in [6, 6.07) is 7.30. The van der Waals surface area contributed by atoms with Gasteiger partial charge in [-0.25, -0.2) is 9.67 Å². The molecule has 0 atom stereocenters. The molecule has 82 valence electrons. The van der Waals surface area contributed by atoms with Crippen LogP contribution in [0, 0.1) is 0 Å². The van der Waals surface area contributed by atoms with E-state index in [0.717, 1.165) is 5.69 Å². The van der Waals surface area contributed by atoms with Gasteiger partial charge in [0.15, 0.2) is 5.78 Å². The van der Waals surface area contributed by atoms with E-state index in [2.05, 4.69) is 15.4 Å². The van der Waals surface area contributed by atoms with Gasteiger partial charge in [0.25, 0.3) is 0 Å². The lowest BCUT2D eigenvalue weighted by Gasteiger charge is -2.03. The lowest BCUT2D eigenvalue weighted by molar-refractivity contribution is 0.0993. The largest absolute Gasteiger partial charge is 0.313 e. The number of hydrogen-bond acceptors (Lipinski definition) is 4. The first-order valence-electron chi connectivity index (χ1n) is 4.94. The second-order valence-corrected chi connectivity index (χ2v) is 3.34. The number of ketones is 1. The third-order valence-corrected chi connectivity index (χ3v) is 2.19. The van der Waals surface area contributed by atoms with Crippen LogP contribution >= 0.6 is 0 Å². The van der Waals surface area contributed by atoms with E-state index in [1.807, 2.05) is 12.1 Å². The van der Waals surface area contributed by atoms with Crippen molar-refractivity contribution in [3.05, 3.63) is 42.5 Å². The highest BCUT2D eigenvalue weighted by molar-refractivity contribution is 5.98. The monoisotopic (exact) mass is 216 g/mol.